The van der Waals surface area contributed by atoms with E-state index in [4.69, 9.17) is 10.6 Å². The molecule has 4 rings (SSSR count). The van der Waals surface area contributed by atoms with E-state index in [9.17, 15) is 19.5 Å². The molecule has 2 atom stereocenters. The van der Waals surface area contributed by atoms with Crippen molar-refractivity contribution in [1.29, 1.82) is 0 Å². The summed E-state index contributed by atoms with van der Waals surface area (Å²) in [6, 6.07) is -0.926. The molecule has 2 aromatic heterocycles. The highest BCUT2D eigenvalue weighted by Gasteiger charge is 2.54. The number of thioether (sulfide) groups is 1. The Bertz CT molecular complexity index is 1320. The number of aliphatic carboxylic acids is 1. The molecular formula is C22H26N7O5S3+. The molecule has 12 nitrogen and oxygen atoms in total. The van der Waals surface area contributed by atoms with Crippen molar-refractivity contribution in [2.45, 2.75) is 18.3 Å². The maximum atomic E-state index is 13.1. The van der Waals surface area contributed by atoms with E-state index >= 15 is 0 Å². The van der Waals surface area contributed by atoms with Crippen molar-refractivity contribution in [2.24, 2.45) is 12.2 Å². The van der Waals surface area contributed by atoms with E-state index in [2.05, 4.69) is 22.0 Å². The Hall–Kier alpha value is -3.43. The molecular weight excluding hydrogens is 538 g/mol. The lowest BCUT2D eigenvalue weighted by Gasteiger charge is -2.49. The summed E-state index contributed by atoms with van der Waals surface area (Å²) in [5, 5.41) is 20.7. The fourth-order valence-electron chi connectivity index (χ4n) is 3.92. The number of nitrogen functional groups attached to an aromatic ring is 1. The van der Waals surface area contributed by atoms with Crippen LogP contribution in [-0.4, -0.2) is 75.9 Å². The Morgan fingerprint density at radius 1 is 1.46 bits per heavy atom. The molecule has 0 aliphatic carbocycles. The molecule has 196 valence electrons. The molecule has 1 fully saturated rings. The van der Waals surface area contributed by atoms with E-state index in [-0.39, 0.29) is 28.8 Å². The van der Waals surface area contributed by atoms with E-state index in [1.165, 1.54) is 22.7 Å². The number of amides is 2. The van der Waals surface area contributed by atoms with Gasteiger partial charge in [0.1, 0.15) is 41.7 Å². The van der Waals surface area contributed by atoms with Crippen LogP contribution in [0.2, 0.25) is 0 Å². The van der Waals surface area contributed by atoms with E-state index in [1.54, 1.807) is 16.7 Å². The minimum absolute atomic E-state index is 0.0440. The number of likely N-dealkylation sites (N-methyl/N-ethyl adjacent to an activating group) is 1. The number of carbonyl (C=O) groups excluding carboxylic acids is 2. The van der Waals surface area contributed by atoms with Crippen molar-refractivity contribution < 1.29 is 28.9 Å². The highest BCUT2D eigenvalue weighted by Crippen LogP contribution is 2.40. The predicted molar refractivity (Wildman–Crippen MR) is 142 cm³/mol. The van der Waals surface area contributed by atoms with Gasteiger partial charge in [-0.2, -0.15) is 0 Å². The van der Waals surface area contributed by atoms with Gasteiger partial charge in [-0.15, -0.1) is 23.1 Å². The Kier molecular flexibility index (Phi) is 7.85. The zero-order valence-electron chi connectivity index (χ0n) is 20.3. The summed E-state index contributed by atoms with van der Waals surface area (Å²) >= 11 is 4.09. The fraction of sp³-hybridized carbons (Fsp3) is 0.364. The minimum atomic E-state index is -1.18. The van der Waals surface area contributed by atoms with Gasteiger partial charge in [-0.05, 0) is 6.92 Å². The molecule has 0 spiro atoms. The number of nitrogens with two attached hydrogens (primary N) is 1. The number of fused-ring (bicyclic) bond motifs is 1. The molecule has 2 unspecified atom stereocenters. The Morgan fingerprint density at radius 2 is 2.22 bits per heavy atom. The first-order valence-corrected chi connectivity index (χ1v) is 13.8. The molecule has 0 bridgehead atoms. The molecule has 2 aliphatic rings. The summed E-state index contributed by atoms with van der Waals surface area (Å²) in [7, 11) is 3.83. The molecule has 4 N–H and O–H groups in total. The summed E-state index contributed by atoms with van der Waals surface area (Å²) < 4.78 is 2.03. The van der Waals surface area contributed by atoms with Gasteiger partial charge in [0.15, 0.2) is 10.8 Å². The van der Waals surface area contributed by atoms with Gasteiger partial charge in [-0.1, -0.05) is 29.1 Å². The van der Waals surface area contributed by atoms with Crippen molar-refractivity contribution in [2.75, 3.05) is 36.6 Å². The van der Waals surface area contributed by atoms with Crippen LogP contribution >= 0.6 is 34.4 Å². The third kappa shape index (κ3) is 5.19. The predicted octanol–water partition coefficient (Wildman–Crippen LogP) is 0.701. The van der Waals surface area contributed by atoms with Crippen LogP contribution in [0.4, 0.5) is 10.3 Å². The van der Waals surface area contributed by atoms with E-state index in [0.29, 0.717) is 17.9 Å². The number of nitrogens with zero attached hydrogens (tertiary/aromatic N) is 5. The van der Waals surface area contributed by atoms with Crippen LogP contribution in [0.5, 0.6) is 0 Å². The average molecular weight is 565 g/mol. The number of aryl methyl sites for hydroxylation is 1. The van der Waals surface area contributed by atoms with Crippen LogP contribution in [-0.2, 0) is 26.3 Å². The van der Waals surface area contributed by atoms with E-state index in [0.717, 1.165) is 22.2 Å². The molecule has 2 aliphatic heterocycles. The van der Waals surface area contributed by atoms with Gasteiger partial charge in [0.25, 0.3) is 11.8 Å². The number of nitrogens with one attached hydrogen (secondary N) is 1. The van der Waals surface area contributed by atoms with E-state index < -0.39 is 29.2 Å². The van der Waals surface area contributed by atoms with Crippen LogP contribution in [0.1, 0.15) is 11.4 Å². The number of oxime groups is 1. The number of rotatable bonds is 10. The van der Waals surface area contributed by atoms with Crippen molar-refractivity contribution in [1.82, 2.24) is 15.2 Å². The van der Waals surface area contributed by atoms with Crippen LogP contribution < -0.4 is 20.5 Å². The summed E-state index contributed by atoms with van der Waals surface area (Å²) in [5.41, 5.74) is 7.43. The second-order valence-corrected chi connectivity index (χ2v) is 11.1. The first kappa shape index (κ1) is 26.6. The quantitative estimate of drug-likeness (QED) is 0.0945. The second kappa shape index (κ2) is 10.9. The molecule has 0 aromatic carbocycles. The van der Waals surface area contributed by atoms with E-state index in [1.807, 2.05) is 35.9 Å². The van der Waals surface area contributed by atoms with Gasteiger partial charge in [-0.25, -0.2) is 14.3 Å². The van der Waals surface area contributed by atoms with Gasteiger partial charge in [0, 0.05) is 22.1 Å². The third-order valence-electron chi connectivity index (χ3n) is 5.77. The van der Waals surface area contributed by atoms with Gasteiger partial charge in [-0.3, -0.25) is 19.4 Å². The number of thiazole rings is 2. The lowest BCUT2D eigenvalue weighted by molar-refractivity contribution is -0.660. The second-order valence-electron chi connectivity index (χ2n) is 8.29. The van der Waals surface area contributed by atoms with Crippen molar-refractivity contribution >= 4 is 68.2 Å². The normalized spacial score (nSPS) is 19.3. The third-order valence-corrected chi connectivity index (χ3v) is 9.04. The van der Waals surface area contributed by atoms with Crippen LogP contribution in [0.3, 0.4) is 0 Å². The summed E-state index contributed by atoms with van der Waals surface area (Å²) in [6.07, 6.45) is 1.47. The van der Waals surface area contributed by atoms with Crippen LogP contribution in [0.15, 0.2) is 39.8 Å². The lowest BCUT2D eigenvalue weighted by atomic mass is 10.0. The van der Waals surface area contributed by atoms with Gasteiger partial charge < -0.3 is 21.0 Å². The lowest BCUT2D eigenvalue weighted by Crippen LogP contribution is -2.71. The first-order chi connectivity index (χ1) is 17.6. The Labute approximate surface area is 225 Å². The minimum Gasteiger partial charge on any atom is -0.477 e. The molecule has 15 heteroatoms. The van der Waals surface area contributed by atoms with Gasteiger partial charge >= 0.3 is 11.1 Å². The number of anilines is 2. The van der Waals surface area contributed by atoms with Crippen LogP contribution in [0.25, 0.3) is 0 Å². The fourth-order valence-corrected chi connectivity index (χ4v) is 6.78. The molecule has 0 radical (unpaired) electrons. The highest BCUT2D eigenvalue weighted by molar-refractivity contribution is 8.00. The zero-order chi connectivity index (χ0) is 26.9. The smallest absolute Gasteiger partial charge is 0.352 e. The largest absolute Gasteiger partial charge is 0.477 e. The number of β-lactam (4-membered cyclic amide) rings is 1. The van der Waals surface area contributed by atoms with Gasteiger partial charge in [0.2, 0.25) is 0 Å². The summed E-state index contributed by atoms with van der Waals surface area (Å²) in [6.45, 7) is 5.94. The number of carbonyl (C=O) groups is 3. The Morgan fingerprint density at radius 3 is 2.81 bits per heavy atom. The number of carboxylic acid groups (broad SMARTS) is 1. The molecule has 2 amide bonds. The number of hydrogen-bond acceptors (Lipinski definition) is 11. The maximum Gasteiger partial charge on any atom is 0.352 e. The number of aromatic nitrogens is 2. The molecule has 4 heterocycles. The SMILES string of the molecule is C=CCO/N=C(\C(=O)NC1C(=O)N2C(C(=O)O)=C(CN(C)c3scc(C)[n+]3C)CSC12)c1csc(N)n1. The molecule has 37 heavy (non-hydrogen) atoms. The summed E-state index contributed by atoms with van der Waals surface area (Å²) in [5.74, 6) is -1.98. The first-order valence-electron chi connectivity index (χ1n) is 11.0. The summed E-state index contributed by atoms with van der Waals surface area (Å²) in [4.78, 5) is 50.7. The monoisotopic (exact) mass is 564 g/mol. The maximum absolute atomic E-state index is 13.1. The van der Waals surface area contributed by atoms with Crippen LogP contribution in [0, 0.1) is 6.92 Å². The van der Waals surface area contributed by atoms with Gasteiger partial charge in [0.05, 0.1) is 14.1 Å². The topological polar surface area (TPSA) is 154 Å². The standard InChI is InChI=1S/C22H25N7O5S3/c1-5-6-34-26-14(13-10-36-21(23)24-13)17(30)25-15-18(31)29-16(20(32)33)12(9-35-19(15)29)7-27(3)22-28(4)11(2)8-37-22/h5,8,10,15,19H,1,6-7,9H2,2-4H3,(H3-,23,24,25,30,32,33)/p+1/b26-14-. The Balaban J connectivity index is 1.52. The molecule has 2 aromatic rings. The number of carboxylic acids is 1. The average Bonchev–Trinajstić information content (AvgIpc) is 3.44. The molecule has 0 saturated carbocycles. The van der Waals surface area contributed by atoms with Crippen molar-refractivity contribution in [3.05, 3.63) is 46.1 Å². The van der Waals surface area contributed by atoms with Crippen molar-refractivity contribution in [3.8, 4) is 0 Å². The zero-order valence-corrected chi connectivity index (χ0v) is 22.8. The highest BCUT2D eigenvalue weighted by atomic mass is 32.2. The molecule has 1 saturated heterocycles. The van der Waals surface area contributed by atoms with Crippen molar-refractivity contribution in [3.63, 3.8) is 0 Å². The number of hydrogen-bond donors (Lipinski definition) is 3.